The molecule has 0 aliphatic heterocycles. The summed E-state index contributed by atoms with van der Waals surface area (Å²) < 4.78 is 0. The number of carbonyl (C=O) groups is 1. The summed E-state index contributed by atoms with van der Waals surface area (Å²) in [4.78, 5) is 12.3. The van der Waals surface area contributed by atoms with E-state index >= 15 is 0 Å². The van der Waals surface area contributed by atoms with Gasteiger partial charge in [-0.15, -0.1) is 0 Å². The Bertz CT molecular complexity index is 1440. The highest BCUT2D eigenvalue weighted by molar-refractivity contribution is 6.01. The summed E-state index contributed by atoms with van der Waals surface area (Å²) in [6.45, 7) is 19.4. The highest BCUT2D eigenvalue weighted by atomic mass is 16.3. The van der Waals surface area contributed by atoms with Crippen molar-refractivity contribution in [2.24, 2.45) is 10.8 Å². The first kappa shape index (κ1) is 37.8. The van der Waals surface area contributed by atoms with E-state index in [1.54, 1.807) is 6.92 Å². The van der Waals surface area contributed by atoms with Crippen LogP contribution in [0.5, 0.6) is 0 Å². The number of rotatable bonds is 10. The molecular formula is C40H54O5. The molecule has 5 heteroatoms. The molecule has 2 aliphatic carbocycles. The molecule has 5 nitrogen and oxygen atoms in total. The van der Waals surface area contributed by atoms with Crippen LogP contribution in [0, 0.1) is 10.8 Å². The maximum atomic E-state index is 12.3. The largest absolute Gasteiger partial charge is 0.390 e. The van der Waals surface area contributed by atoms with Crippen molar-refractivity contribution in [3.05, 3.63) is 130 Å². The molecule has 0 amide bonds. The molecule has 0 aromatic carbocycles. The van der Waals surface area contributed by atoms with Gasteiger partial charge in [-0.25, -0.2) is 0 Å². The number of hydrogen-bond donors (Lipinski definition) is 4. The Morgan fingerprint density at radius 1 is 0.622 bits per heavy atom. The van der Waals surface area contributed by atoms with Crippen molar-refractivity contribution in [1.29, 1.82) is 0 Å². The topological polar surface area (TPSA) is 98.0 Å². The molecule has 0 radical (unpaired) electrons. The number of ketones is 1. The zero-order valence-corrected chi connectivity index (χ0v) is 28.8. The Kier molecular flexibility index (Phi) is 13.7. The van der Waals surface area contributed by atoms with Crippen LogP contribution in [-0.2, 0) is 4.79 Å². The van der Waals surface area contributed by atoms with E-state index in [0.717, 1.165) is 39.0 Å². The summed E-state index contributed by atoms with van der Waals surface area (Å²) in [6, 6.07) is 0. The van der Waals surface area contributed by atoms with Crippen molar-refractivity contribution in [1.82, 2.24) is 0 Å². The van der Waals surface area contributed by atoms with Gasteiger partial charge in [0, 0.05) is 10.8 Å². The van der Waals surface area contributed by atoms with E-state index in [-0.39, 0.29) is 0 Å². The zero-order valence-electron chi connectivity index (χ0n) is 28.8. The van der Waals surface area contributed by atoms with Crippen LogP contribution in [0.25, 0.3) is 0 Å². The first-order chi connectivity index (χ1) is 20.9. The molecule has 0 heterocycles. The van der Waals surface area contributed by atoms with Crippen molar-refractivity contribution in [3.63, 3.8) is 0 Å². The lowest BCUT2D eigenvalue weighted by Crippen LogP contribution is -2.49. The van der Waals surface area contributed by atoms with Crippen LogP contribution in [0.4, 0.5) is 0 Å². The monoisotopic (exact) mass is 614 g/mol. The first-order valence-electron chi connectivity index (χ1n) is 15.7. The fourth-order valence-electron chi connectivity index (χ4n) is 5.73. The van der Waals surface area contributed by atoms with Crippen molar-refractivity contribution < 1.29 is 25.2 Å². The molecule has 0 fully saturated rings. The molecule has 4 atom stereocenters. The minimum absolute atomic E-state index is 0.425. The van der Waals surface area contributed by atoms with Crippen molar-refractivity contribution >= 4 is 5.78 Å². The van der Waals surface area contributed by atoms with E-state index < -0.39 is 41.0 Å². The Morgan fingerprint density at radius 3 is 1.51 bits per heavy atom. The minimum Gasteiger partial charge on any atom is -0.390 e. The summed E-state index contributed by atoms with van der Waals surface area (Å²) in [5.41, 5.74) is 6.47. The van der Waals surface area contributed by atoms with Crippen LogP contribution in [0.15, 0.2) is 130 Å². The molecule has 0 spiro atoms. The predicted molar refractivity (Wildman–Crippen MR) is 187 cm³/mol. The number of aliphatic hydroxyl groups excluding tert-OH is 4. The van der Waals surface area contributed by atoms with Gasteiger partial charge in [-0.05, 0) is 64.7 Å². The van der Waals surface area contributed by atoms with Crippen LogP contribution in [0.2, 0.25) is 0 Å². The number of carbonyl (C=O) groups excluding carboxylic acids is 1. The van der Waals surface area contributed by atoms with Gasteiger partial charge >= 0.3 is 0 Å². The molecular weight excluding hydrogens is 560 g/mol. The summed E-state index contributed by atoms with van der Waals surface area (Å²) in [6.07, 6.45) is 24.6. The van der Waals surface area contributed by atoms with Crippen LogP contribution in [-0.4, -0.2) is 50.6 Å². The van der Waals surface area contributed by atoms with E-state index in [4.69, 9.17) is 0 Å². The van der Waals surface area contributed by atoms with Crippen molar-refractivity contribution in [3.8, 4) is 0 Å². The van der Waals surface area contributed by atoms with E-state index in [1.807, 2.05) is 123 Å². The van der Waals surface area contributed by atoms with Crippen LogP contribution < -0.4 is 0 Å². The molecule has 0 unspecified atom stereocenters. The van der Waals surface area contributed by atoms with Gasteiger partial charge < -0.3 is 20.4 Å². The third-order valence-corrected chi connectivity index (χ3v) is 8.84. The smallest absolute Gasteiger partial charge is 0.189 e. The highest BCUT2D eigenvalue weighted by Crippen LogP contribution is 2.42. The Morgan fingerprint density at radius 2 is 1.02 bits per heavy atom. The zero-order chi connectivity index (χ0) is 34.1. The summed E-state index contributed by atoms with van der Waals surface area (Å²) in [7, 11) is 0. The predicted octanol–water partition coefficient (Wildman–Crippen LogP) is 7.67. The molecule has 244 valence electrons. The second-order valence-corrected chi connectivity index (χ2v) is 13.6. The summed E-state index contributed by atoms with van der Waals surface area (Å²) >= 11 is 0. The minimum atomic E-state index is -1.38. The van der Waals surface area contributed by atoms with Gasteiger partial charge in [0.25, 0.3) is 0 Å². The normalized spacial score (nSPS) is 27.6. The summed E-state index contributed by atoms with van der Waals surface area (Å²) in [5.74, 6) is -0.425. The van der Waals surface area contributed by atoms with Crippen LogP contribution in [0.1, 0.15) is 75.7 Å². The van der Waals surface area contributed by atoms with Crippen molar-refractivity contribution in [2.45, 2.75) is 100 Å². The van der Waals surface area contributed by atoms with E-state index in [9.17, 15) is 25.2 Å². The number of aliphatic hydroxyl groups is 4. The van der Waals surface area contributed by atoms with E-state index in [1.165, 1.54) is 0 Å². The molecule has 0 aromatic heterocycles. The van der Waals surface area contributed by atoms with Gasteiger partial charge in [0.2, 0.25) is 0 Å². The lowest BCUT2D eigenvalue weighted by Gasteiger charge is -2.40. The maximum absolute atomic E-state index is 12.3. The Labute approximate surface area is 271 Å². The highest BCUT2D eigenvalue weighted by Gasteiger charge is 2.45. The van der Waals surface area contributed by atoms with Crippen LogP contribution >= 0.6 is 0 Å². The average molecular weight is 615 g/mol. The second kappa shape index (κ2) is 16.3. The van der Waals surface area contributed by atoms with E-state index in [2.05, 4.69) is 24.3 Å². The number of Topliss-reactive ketones (excluding diaryl/α,β-unsaturated/α-hetero) is 1. The van der Waals surface area contributed by atoms with Gasteiger partial charge in [0.15, 0.2) is 5.78 Å². The second-order valence-electron chi connectivity index (χ2n) is 13.6. The van der Waals surface area contributed by atoms with E-state index in [0.29, 0.717) is 12.0 Å². The third-order valence-electron chi connectivity index (χ3n) is 8.84. The maximum Gasteiger partial charge on any atom is 0.189 e. The number of allylic oxidation sites excluding steroid dienone is 18. The van der Waals surface area contributed by atoms with Gasteiger partial charge in [0.05, 0.1) is 18.3 Å². The lowest BCUT2D eigenvalue weighted by atomic mass is 9.69. The molecule has 45 heavy (non-hydrogen) atoms. The van der Waals surface area contributed by atoms with Gasteiger partial charge in [-0.3, -0.25) is 4.79 Å². The lowest BCUT2D eigenvalue weighted by molar-refractivity contribution is -0.135. The molecule has 0 bridgehead atoms. The Balaban J connectivity index is 1.96. The molecule has 4 N–H and O–H groups in total. The standard InChI is InChI=1S/C40H54O5/c1-26(17-13-19-28(3)21-23-32-30(5)25-34(41)37(44)39(32,7)8)15-11-12-16-27(2)18-14-20-29(4)22-24-33-31(6)35(42)36(43)38(45)40(33,9)10/h11-24,34,36-38,41,43-45H,25H2,1-10H3/b12-11+,17-13+,18-14+,23-21+,24-22+,26-15+,27-16+,28-19+,29-20+/t34-,36+,37+,38+/m1/s1. The van der Waals surface area contributed by atoms with Gasteiger partial charge in [-0.2, -0.15) is 0 Å². The molecule has 0 saturated carbocycles. The molecule has 0 aromatic rings. The summed E-state index contributed by atoms with van der Waals surface area (Å²) in [5, 5.41) is 41.0. The van der Waals surface area contributed by atoms with Crippen molar-refractivity contribution in [2.75, 3.05) is 0 Å². The quantitative estimate of drug-likeness (QED) is 0.189. The first-order valence-corrected chi connectivity index (χ1v) is 15.7. The Hall–Kier alpha value is -3.35. The SMILES string of the molecule is CC1=C(/C=C/C(C)=C/C=C/C(C)=C/C=C/C=C(C)/C=C/C=C(C)/C=C/C2=C(C)C(=O)[C@H](O)[C@H](O)C2(C)C)C(C)(C)[C@@H](O)[C@H](O)C1. The molecule has 2 aliphatic rings. The van der Waals surface area contributed by atoms with Gasteiger partial charge in [-0.1, -0.05) is 141 Å². The number of hydrogen-bond acceptors (Lipinski definition) is 5. The third kappa shape index (κ3) is 10.1. The molecule has 0 saturated heterocycles. The fraction of sp³-hybridized carbons (Fsp3) is 0.425. The fourth-order valence-corrected chi connectivity index (χ4v) is 5.73. The van der Waals surface area contributed by atoms with Crippen LogP contribution in [0.3, 0.4) is 0 Å². The molecule has 2 rings (SSSR count). The van der Waals surface area contributed by atoms with Gasteiger partial charge in [0.1, 0.15) is 6.10 Å². The average Bonchev–Trinajstić information content (AvgIpc) is 2.96.